The van der Waals surface area contributed by atoms with E-state index in [9.17, 15) is 26.3 Å². The molecule has 27 heavy (non-hydrogen) atoms. The van der Waals surface area contributed by atoms with Gasteiger partial charge in [0.2, 0.25) is 0 Å². The average Bonchev–Trinajstić information content (AvgIpc) is 2.54. The van der Waals surface area contributed by atoms with Crippen LogP contribution in [-0.2, 0) is 12.4 Å². The summed E-state index contributed by atoms with van der Waals surface area (Å²) in [7, 11) is 0. The third-order valence-corrected chi connectivity index (χ3v) is 4.83. The van der Waals surface area contributed by atoms with Crippen LogP contribution >= 0.6 is 12.4 Å². The highest BCUT2D eigenvalue weighted by molar-refractivity contribution is 5.85. The molecule has 0 aliphatic carbocycles. The molecular weight excluding hydrogens is 394 g/mol. The number of piperazine rings is 1. The van der Waals surface area contributed by atoms with E-state index in [-0.39, 0.29) is 23.9 Å². The summed E-state index contributed by atoms with van der Waals surface area (Å²) in [6, 6.07) is 1.09. The molecule has 0 radical (unpaired) electrons. The second kappa shape index (κ2) is 9.47. The van der Waals surface area contributed by atoms with E-state index in [0.717, 1.165) is 6.42 Å². The lowest BCUT2D eigenvalue weighted by atomic mass is 9.85. The van der Waals surface area contributed by atoms with Crippen molar-refractivity contribution in [3.63, 3.8) is 0 Å². The Balaban J connectivity index is 0.00000364. The molecule has 2 rings (SSSR count). The van der Waals surface area contributed by atoms with Gasteiger partial charge in [-0.3, -0.25) is 4.90 Å². The highest BCUT2D eigenvalue weighted by Crippen LogP contribution is 2.43. The Labute approximate surface area is 161 Å². The molecule has 0 amide bonds. The molecule has 1 aromatic rings. The number of alkyl halides is 6. The summed E-state index contributed by atoms with van der Waals surface area (Å²) in [5, 5.41) is 3.13. The molecule has 1 N–H and O–H groups in total. The van der Waals surface area contributed by atoms with Crippen LogP contribution in [0, 0.1) is 5.92 Å². The number of nitrogens with one attached hydrogen (secondary N) is 1. The minimum absolute atomic E-state index is 0. The maximum absolute atomic E-state index is 13.5. The van der Waals surface area contributed by atoms with Gasteiger partial charge in [0.15, 0.2) is 0 Å². The minimum Gasteiger partial charge on any atom is -0.314 e. The van der Waals surface area contributed by atoms with Gasteiger partial charge in [-0.05, 0) is 36.1 Å². The number of nitrogens with zero attached hydrogens (tertiary/aromatic N) is 1. The Bertz CT molecular complexity index is 596. The van der Waals surface area contributed by atoms with E-state index >= 15 is 0 Å². The van der Waals surface area contributed by atoms with Crippen LogP contribution in [0.2, 0.25) is 0 Å². The van der Waals surface area contributed by atoms with Crippen molar-refractivity contribution >= 4 is 12.4 Å². The topological polar surface area (TPSA) is 15.3 Å². The summed E-state index contributed by atoms with van der Waals surface area (Å²) < 4.78 is 80.1. The normalized spacial score (nSPS) is 18.7. The van der Waals surface area contributed by atoms with Crippen molar-refractivity contribution in [2.24, 2.45) is 5.92 Å². The van der Waals surface area contributed by atoms with Crippen LogP contribution in [0.3, 0.4) is 0 Å². The van der Waals surface area contributed by atoms with Gasteiger partial charge in [-0.25, -0.2) is 0 Å². The van der Waals surface area contributed by atoms with Crippen LogP contribution in [0.15, 0.2) is 18.2 Å². The van der Waals surface area contributed by atoms with Crippen LogP contribution in [-0.4, -0.2) is 31.1 Å². The zero-order chi connectivity index (χ0) is 19.5. The van der Waals surface area contributed by atoms with Crippen molar-refractivity contribution in [3.05, 3.63) is 34.9 Å². The van der Waals surface area contributed by atoms with Crippen LogP contribution in [0.4, 0.5) is 26.3 Å². The molecule has 1 aromatic carbocycles. The number of hydrogen-bond donors (Lipinski definition) is 1. The fraction of sp³-hybridized carbons (Fsp3) is 0.667. The molecule has 1 heterocycles. The summed E-state index contributed by atoms with van der Waals surface area (Å²) in [4.78, 5) is 1.88. The first-order valence-corrected chi connectivity index (χ1v) is 8.78. The Morgan fingerprint density at radius 1 is 1.04 bits per heavy atom. The zero-order valence-electron chi connectivity index (χ0n) is 15.3. The highest BCUT2D eigenvalue weighted by atomic mass is 35.5. The smallest absolute Gasteiger partial charge is 0.314 e. The molecule has 0 saturated carbocycles. The van der Waals surface area contributed by atoms with Gasteiger partial charge in [0.1, 0.15) is 0 Å². The van der Waals surface area contributed by atoms with Gasteiger partial charge in [-0.1, -0.05) is 20.3 Å². The quantitative estimate of drug-likeness (QED) is 0.632. The largest absolute Gasteiger partial charge is 0.416 e. The second-order valence-electron chi connectivity index (χ2n) is 6.79. The highest BCUT2D eigenvalue weighted by Gasteiger charge is 2.40. The summed E-state index contributed by atoms with van der Waals surface area (Å²) in [5.41, 5.74) is -2.28. The van der Waals surface area contributed by atoms with Gasteiger partial charge in [-0.15, -0.1) is 12.4 Å². The van der Waals surface area contributed by atoms with Gasteiger partial charge in [0, 0.05) is 32.2 Å². The van der Waals surface area contributed by atoms with Crippen molar-refractivity contribution in [2.45, 2.75) is 45.1 Å². The fourth-order valence-corrected chi connectivity index (χ4v) is 3.68. The van der Waals surface area contributed by atoms with Crippen LogP contribution in [0.1, 0.15) is 49.4 Å². The first-order chi connectivity index (χ1) is 12.1. The molecule has 0 spiro atoms. The Morgan fingerprint density at radius 2 is 1.63 bits per heavy atom. The first kappa shape index (κ1) is 24.0. The second-order valence-corrected chi connectivity index (χ2v) is 6.79. The van der Waals surface area contributed by atoms with Crippen LogP contribution < -0.4 is 5.32 Å². The molecule has 1 aliphatic rings. The predicted molar refractivity (Wildman–Crippen MR) is 94.9 cm³/mol. The van der Waals surface area contributed by atoms with Gasteiger partial charge in [-0.2, -0.15) is 26.3 Å². The number of benzene rings is 1. The summed E-state index contributed by atoms with van der Waals surface area (Å²) in [6.07, 6.45) is -7.98. The maximum atomic E-state index is 13.5. The zero-order valence-corrected chi connectivity index (χ0v) is 16.1. The monoisotopic (exact) mass is 418 g/mol. The Hall–Kier alpha value is -0.990. The standard InChI is InChI=1S/C18H24F6N2.ClH/c1-3-4-12(2)16(26-9-7-25-8-10-26)14-11-13(17(19,20)21)5-6-15(14)18(22,23)24;/h5-6,11-12,16,25H,3-4,7-10H2,1-2H3;1H/t12?,16-;/m0./s1. The molecule has 1 fully saturated rings. The lowest BCUT2D eigenvalue weighted by Crippen LogP contribution is -2.47. The lowest BCUT2D eigenvalue weighted by molar-refractivity contribution is -0.142. The summed E-state index contributed by atoms with van der Waals surface area (Å²) in [5.74, 6) is -0.192. The molecule has 1 aliphatic heterocycles. The molecule has 0 bridgehead atoms. The van der Waals surface area contributed by atoms with E-state index in [2.05, 4.69) is 5.32 Å². The van der Waals surface area contributed by atoms with Gasteiger partial charge in [0.05, 0.1) is 11.1 Å². The third-order valence-electron chi connectivity index (χ3n) is 4.83. The van der Waals surface area contributed by atoms with Crippen molar-refractivity contribution in [1.29, 1.82) is 0 Å². The lowest BCUT2D eigenvalue weighted by Gasteiger charge is -2.40. The van der Waals surface area contributed by atoms with Gasteiger partial charge in [0.25, 0.3) is 0 Å². The number of rotatable bonds is 5. The van der Waals surface area contributed by atoms with E-state index in [4.69, 9.17) is 0 Å². The minimum atomic E-state index is -4.70. The molecule has 1 saturated heterocycles. The van der Waals surface area contributed by atoms with Crippen LogP contribution in [0.5, 0.6) is 0 Å². The Morgan fingerprint density at radius 3 is 2.11 bits per heavy atom. The van der Waals surface area contributed by atoms with Crippen molar-refractivity contribution in [3.8, 4) is 0 Å². The molecule has 156 valence electrons. The summed E-state index contributed by atoms with van der Waals surface area (Å²) in [6.45, 7) is 5.96. The van der Waals surface area contributed by atoms with E-state index in [1.807, 2.05) is 18.7 Å². The van der Waals surface area contributed by atoms with Crippen LogP contribution in [0.25, 0.3) is 0 Å². The van der Waals surface area contributed by atoms with Gasteiger partial charge >= 0.3 is 12.4 Å². The van der Waals surface area contributed by atoms with E-state index in [1.54, 1.807) is 0 Å². The van der Waals surface area contributed by atoms with Crippen molar-refractivity contribution in [1.82, 2.24) is 10.2 Å². The maximum Gasteiger partial charge on any atom is 0.416 e. The van der Waals surface area contributed by atoms with Gasteiger partial charge < -0.3 is 5.32 Å². The number of hydrogen-bond acceptors (Lipinski definition) is 2. The van der Waals surface area contributed by atoms with Crippen molar-refractivity contribution < 1.29 is 26.3 Å². The van der Waals surface area contributed by atoms with E-state index in [1.165, 1.54) is 0 Å². The average molecular weight is 419 g/mol. The molecule has 2 nitrogen and oxygen atoms in total. The molecule has 1 unspecified atom stereocenters. The first-order valence-electron chi connectivity index (χ1n) is 8.78. The molecule has 0 aromatic heterocycles. The summed E-state index contributed by atoms with van der Waals surface area (Å²) >= 11 is 0. The fourth-order valence-electron chi connectivity index (χ4n) is 3.68. The molecule has 2 atom stereocenters. The van der Waals surface area contributed by atoms with Crippen molar-refractivity contribution in [2.75, 3.05) is 26.2 Å². The molecule has 9 heteroatoms. The van der Waals surface area contributed by atoms with E-state index < -0.39 is 29.5 Å². The Kier molecular flexibility index (Phi) is 8.44. The predicted octanol–water partition coefficient (Wildman–Crippen LogP) is 5.53. The number of halogens is 7. The SMILES string of the molecule is CCCC(C)[C@@H](c1cc(C(F)(F)F)ccc1C(F)(F)F)N1CCNCC1.Cl. The van der Waals surface area contributed by atoms with E-state index in [0.29, 0.717) is 50.8 Å². The molecular formula is C18H25ClF6N2. The third kappa shape index (κ3) is 5.99.